The van der Waals surface area contributed by atoms with Crippen molar-refractivity contribution in [3.05, 3.63) is 11.6 Å². The summed E-state index contributed by atoms with van der Waals surface area (Å²) >= 11 is 0. The van der Waals surface area contributed by atoms with E-state index < -0.39 is 135 Å². The Kier molecular flexibility index (Phi) is 10.6. The third kappa shape index (κ3) is 6.16. The molecule has 4 aliphatic heterocycles. The number of fused-ring (bicyclic) bond motifs is 4. The largest absolute Gasteiger partial charge is 0.453 e. The fraction of sp³-hybridized carbons (Fsp3) is 0.927. The Bertz CT molecular complexity index is 1820. The minimum Gasteiger partial charge on any atom is -0.453 e. The van der Waals surface area contributed by atoms with Gasteiger partial charge in [-0.25, -0.2) is 4.18 Å². The lowest BCUT2D eigenvalue weighted by Gasteiger charge is -2.64. The third-order valence-corrected chi connectivity index (χ3v) is 17.4. The molecular formula is C41H64O17S. The van der Waals surface area contributed by atoms with E-state index in [4.69, 9.17) is 28.4 Å². The van der Waals surface area contributed by atoms with Gasteiger partial charge in [-0.1, -0.05) is 39.3 Å². The molecule has 0 radical (unpaired) electrons. The van der Waals surface area contributed by atoms with E-state index in [0.717, 1.165) is 18.4 Å². The number of cyclic esters (lactones) is 1. The molecule has 0 bridgehead atoms. The fourth-order valence-electron chi connectivity index (χ4n) is 13.7. The van der Waals surface area contributed by atoms with Crippen LogP contribution in [0.5, 0.6) is 0 Å². The van der Waals surface area contributed by atoms with Crippen LogP contribution in [0.2, 0.25) is 0 Å². The van der Waals surface area contributed by atoms with Crippen LogP contribution in [0.15, 0.2) is 11.6 Å². The predicted octanol–water partition coefficient (Wildman–Crippen LogP) is 1.43. The summed E-state index contributed by atoms with van der Waals surface area (Å²) in [6, 6.07) is 0. The number of carbonyl (C=O) groups excluding carboxylic acids is 1. The second-order valence-corrected chi connectivity index (χ2v) is 21.7. The average molecular weight is 861 g/mol. The summed E-state index contributed by atoms with van der Waals surface area (Å²) in [6.45, 7) is 15.1. The van der Waals surface area contributed by atoms with Crippen molar-refractivity contribution in [2.75, 3.05) is 6.61 Å². The van der Waals surface area contributed by atoms with E-state index in [1.54, 1.807) is 6.92 Å². The minimum atomic E-state index is -5.04. The fourth-order valence-corrected chi connectivity index (χ4v) is 14.2. The van der Waals surface area contributed by atoms with E-state index in [0.29, 0.717) is 32.1 Å². The molecule has 4 aliphatic carbocycles. The summed E-state index contributed by atoms with van der Waals surface area (Å²) in [5.41, 5.74) is -5.89. The van der Waals surface area contributed by atoms with E-state index in [9.17, 15) is 48.4 Å². The van der Waals surface area contributed by atoms with Crippen molar-refractivity contribution in [1.82, 2.24) is 0 Å². The predicted molar refractivity (Wildman–Crippen MR) is 203 cm³/mol. The standard InChI is InChI=1S/C41H64O17S/c1-19-27(43)29(45)30(46)32(53-19)55-31-28(44)22(58-59(49,50)51)18-52-33(31)54-25-12-14-37(6)21-17-24(42)41-34(47)57-39(8,26-11-13-35(2,3)56-26)40(41,48)16-15-38(41,7)20(21)9-10-23(37)36(25,4)5/h17,19-20,22-33,42-46,48H,9-16,18H2,1-8H3,(H,49,50,51)/t19-,20-,22-,23?,24+,25+,26?,27-,28+,29+,30-,31-,32+,33+,37-,38+,39+,40+,41?/m1/s1. The van der Waals surface area contributed by atoms with Gasteiger partial charge in [0.15, 0.2) is 18.2 Å². The Morgan fingerprint density at radius 2 is 1.51 bits per heavy atom. The number of ether oxygens (including phenoxy) is 6. The van der Waals surface area contributed by atoms with Crippen LogP contribution in [-0.4, -0.2) is 147 Å². The van der Waals surface area contributed by atoms with Crippen molar-refractivity contribution in [2.45, 2.75) is 197 Å². The Labute approximate surface area is 345 Å². The number of allylic oxidation sites excluding steroid dienone is 1. The summed E-state index contributed by atoms with van der Waals surface area (Å²) in [4.78, 5) is 14.5. The molecule has 0 amide bonds. The van der Waals surface area contributed by atoms with E-state index in [1.807, 2.05) is 26.8 Å². The van der Waals surface area contributed by atoms with Gasteiger partial charge in [0.25, 0.3) is 0 Å². The maximum Gasteiger partial charge on any atom is 0.397 e. The van der Waals surface area contributed by atoms with Crippen LogP contribution in [0.1, 0.15) is 107 Å². The lowest BCUT2D eigenvalue weighted by atomic mass is 9.40. The summed E-state index contributed by atoms with van der Waals surface area (Å²) in [5, 5.41) is 68.2. The number of esters is 1. The molecule has 1 spiro atoms. The van der Waals surface area contributed by atoms with Crippen molar-refractivity contribution in [2.24, 2.45) is 33.5 Å². The van der Waals surface area contributed by atoms with Gasteiger partial charge >= 0.3 is 16.4 Å². The molecule has 4 heterocycles. The first kappa shape index (κ1) is 44.3. The molecule has 8 rings (SSSR count). The number of hydrogen-bond acceptors (Lipinski definition) is 16. The molecule has 17 nitrogen and oxygen atoms in total. The summed E-state index contributed by atoms with van der Waals surface area (Å²) in [5.74, 6) is -0.746. The quantitative estimate of drug-likeness (QED) is 0.0827. The lowest BCUT2D eigenvalue weighted by molar-refractivity contribution is -0.362. The SMILES string of the molecule is C[C@H]1O[C@@H](O[C@H]2[C@H](O[C@H]3CC[C@]4(C)C5=C[C@H](O)C67C(=O)O[C@@](C)(C8CCC(C)(C)O8)[C@@]6(O)CC[C@@]7(C)[C@@H]5CCC4C3(C)C)OC[C@@H](OS(=O)(=O)O)[C@@H]2O)[C@H](O)[C@@H](O)[C@@H]1O. The molecule has 3 saturated carbocycles. The molecule has 0 aromatic rings. The molecule has 0 aromatic carbocycles. The highest BCUT2D eigenvalue weighted by Crippen LogP contribution is 2.77. The zero-order valence-electron chi connectivity index (χ0n) is 35.1. The van der Waals surface area contributed by atoms with Gasteiger partial charge in [-0.2, -0.15) is 8.42 Å². The molecule has 19 atom stereocenters. The number of aliphatic hydroxyl groups excluding tert-OH is 5. The Balaban J connectivity index is 1.07. The van der Waals surface area contributed by atoms with E-state index >= 15 is 0 Å². The molecule has 7 fully saturated rings. The van der Waals surface area contributed by atoms with Crippen LogP contribution in [0, 0.1) is 33.5 Å². The first-order valence-corrected chi connectivity index (χ1v) is 22.5. The van der Waals surface area contributed by atoms with E-state index in [2.05, 4.69) is 25.0 Å². The van der Waals surface area contributed by atoms with Gasteiger partial charge < -0.3 is 59.1 Å². The van der Waals surface area contributed by atoms with Gasteiger partial charge in [0.05, 0.1) is 30.5 Å². The highest BCUT2D eigenvalue weighted by molar-refractivity contribution is 7.80. The molecule has 3 unspecified atom stereocenters. The molecule has 59 heavy (non-hydrogen) atoms. The molecule has 0 aromatic heterocycles. The van der Waals surface area contributed by atoms with Gasteiger partial charge in [-0.05, 0) is 107 Å². The second kappa shape index (κ2) is 14.1. The maximum atomic E-state index is 14.5. The number of rotatable bonds is 7. The molecular weight excluding hydrogens is 797 g/mol. The van der Waals surface area contributed by atoms with Gasteiger partial charge in [-0.3, -0.25) is 9.35 Å². The summed E-state index contributed by atoms with van der Waals surface area (Å²) in [6.07, 6.45) is -9.75. The normalized spacial score (nSPS) is 54.1. The Morgan fingerprint density at radius 3 is 2.15 bits per heavy atom. The van der Waals surface area contributed by atoms with Gasteiger partial charge in [0, 0.05) is 0 Å². The molecule has 4 saturated heterocycles. The van der Waals surface area contributed by atoms with Crippen molar-refractivity contribution >= 4 is 16.4 Å². The minimum absolute atomic E-state index is 0.0271. The van der Waals surface area contributed by atoms with Crippen LogP contribution >= 0.6 is 0 Å². The molecule has 18 heteroatoms. The first-order valence-electron chi connectivity index (χ1n) is 21.2. The zero-order chi connectivity index (χ0) is 43.3. The number of carbonyl (C=O) groups is 1. The van der Waals surface area contributed by atoms with Crippen LogP contribution < -0.4 is 0 Å². The van der Waals surface area contributed by atoms with Crippen LogP contribution in [0.25, 0.3) is 0 Å². The summed E-state index contributed by atoms with van der Waals surface area (Å²) < 4.78 is 74.3. The van der Waals surface area contributed by atoms with Crippen molar-refractivity contribution in [3.63, 3.8) is 0 Å². The topological polar surface area (TPSA) is 257 Å². The van der Waals surface area contributed by atoms with Crippen molar-refractivity contribution < 1.29 is 81.0 Å². The third-order valence-electron chi connectivity index (χ3n) is 16.9. The van der Waals surface area contributed by atoms with Crippen LogP contribution in [0.4, 0.5) is 0 Å². The van der Waals surface area contributed by atoms with Crippen molar-refractivity contribution in [1.29, 1.82) is 0 Å². The second-order valence-electron chi connectivity index (χ2n) is 20.7. The van der Waals surface area contributed by atoms with Crippen LogP contribution in [0.3, 0.4) is 0 Å². The zero-order valence-corrected chi connectivity index (χ0v) is 36.0. The molecule has 336 valence electrons. The number of aliphatic hydroxyl groups is 6. The highest BCUT2D eigenvalue weighted by Gasteiger charge is 2.87. The highest BCUT2D eigenvalue weighted by atomic mass is 32.3. The Hall–Kier alpha value is -1.36. The lowest BCUT2D eigenvalue weighted by Crippen LogP contribution is -2.69. The molecule has 8 aliphatic rings. The smallest absolute Gasteiger partial charge is 0.397 e. The van der Waals surface area contributed by atoms with Crippen LogP contribution in [-0.2, 0) is 47.8 Å². The first-order chi connectivity index (χ1) is 27.2. The van der Waals surface area contributed by atoms with Gasteiger partial charge in [0.2, 0.25) is 0 Å². The number of hydrogen-bond donors (Lipinski definition) is 7. The van der Waals surface area contributed by atoms with Gasteiger partial charge in [0.1, 0.15) is 53.7 Å². The van der Waals surface area contributed by atoms with Gasteiger partial charge in [-0.15, -0.1) is 0 Å². The van der Waals surface area contributed by atoms with E-state index in [-0.39, 0.29) is 18.3 Å². The van der Waals surface area contributed by atoms with Crippen molar-refractivity contribution in [3.8, 4) is 0 Å². The van der Waals surface area contributed by atoms with E-state index in [1.165, 1.54) is 6.92 Å². The maximum absolute atomic E-state index is 14.5. The monoisotopic (exact) mass is 860 g/mol. The average Bonchev–Trinajstić information content (AvgIpc) is 3.70. The summed E-state index contributed by atoms with van der Waals surface area (Å²) in [7, 11) is -5.04. The Morgan fingerprint density at radius 1 is 0.814 bits per heavy atom. The molecule has 7 N–H and O–H groups in total.